The Kier molecular flexibility index (Phi) is 3.86. The van der Waals surface area contributed by atoms with Crippen molar-refractivity contribution in [2.75, 3.05) is 6.54 Å². The summed E-state index contributed by atoms with van der Waals surface area (Å²) in [5.74, 6) is 0. The van der Waals surface area contributed by atoms with Crippen LogP contribution >= 0.6 is 0 Å². The zero-order valence-corrected chi connectivity index (χ0v) is 8.07. The van der Waals surface area contributed by atoms with Crippen molar-refractivity contribution in [3.8, 4) is 0 Å². The number of aliphatic hydroxyl groups is 1. The molecule has 0 bridgehead atoms. The predicted molar refractivity (Wildman–Crippen MR) is 52.3 cm³/mol. The van der Waals surface area contributed by atoms with Crippen molar-refractivity contribution in [1.29, 1.82) is 0 Å². The average Bonchev–Trinajstić information content (AvgIpc) is 2.15. The third-order valence-electron chi connectivity index (χ3n) is 1.93. The van der Waals surface area contributed by atoms with E-state index < -0.39 is 0 Å². The van der Waals surface area contributed by atoms with Crippen molar-refractivity contribution in [3.63, 3.8) is 0 Å². The van der Waals surface area contributed by atoms with Crippen LogP contribution in [0.15, 0.2) is 24.5 Å². The van der Waals surface area contributed by atoms with Crippen molar-refractivity contribution in [2.24, 2.45) is 0 Å². The van der Waals surface area contributed by atoms with Gasteiger partial charge in [0, 0.05) is 25.0 Å². The van der Waals surface area contributed by atoms with E-state index in [1.807, 2.05) is 12.1 Å². The standard InChI is InChI=1S/C10H16N2O/c1-8(13)7-12-9(2)10-3-5-11-6-4-10/h3-6,8-9,12-13H,7H2,1-2H3/t8-,9+/m1/s1. The van der Waals surface area contributed by atoms with E-state index in [2.05, 4.69) is 17.2 Å². The van der Waals surface area contributed by atoms with Crippen LogP contribution in [0.1, 0.15) is 25.5 Å². The summed E-state index contributed by atoms with van der Waals surface area (Å²) in [7, 11) is 0. The van der Waals surface area contributed by atoms with Crippen LogP contribution in [0.25, 0.3) is 0 Å². The first-order chi connectivity index (χ1) is 6.20. The minimum absolute atomic E-state index is 0.262. The molecule has 0 saturated carbocycles. The number of hydrogen-bond acceptors (Lipinski definition) is 3. The van der Waals surface area contributed by atoms with Gasteiger partial charge in [0.25, 0.3) is 0 Å². The van der Waals surface area contributed by atoms with Crippen molar-refractivity contribution >= 4 is 0 Å². The van der Waals surface area contributed by atoms with Gasteiger partial charge in [-0.15, -0.1) is 0 Å². The average molecular weight is 180 g/mol. The monoisotopic (exact) mass is 180 g/mol. The zero-order chi connectivity index (χ0) is 9.68. The highest BCUT2D eigenvalue weighted by Crippen LogP contribution is 2.09. The highest BCUT2D eigenvalue weighted by atomic mass is 16.3. The van der Waals surface area contributed by atoms with Gasteiger partial charge in [-0.25, -0.2) is 0 Å². The first-order valence-electron chi connectivity index (χ1n) is 4.51. The molecule has 0 aromatic carbocycles. The van der Waals surface area contributed by atoms with E-state index in [4.69, 9.17) is 5.11 Å². The van der Waals surface area contributed by atoms with Gasteiger partial charge in [-0.2, -0.15) is 0 Å². The molecule has 0 unspecified atom stereocenters. The Morgan fingerprint density at radius 1 is 1.38 bits per heavy atom. The molecule has 72 valence electrons. The minimum Gasteiger partial charge on any atom is -0.392 e. The molecule has 0 radical (unpaired) electrons. The summed E-state index contributed by atoms with van der Waals surface area (Å²) in [4.78, 5) is 3.95. The van der Waals surface area contributed by atoms with Crippen molar-refractivity contribution in [1.82, 2.24) is 10.3 Å². The Bertz CT molecular complexity index is 236. The van der Waals surface area contributed by atoms with Gasteiger partial charge in [0.2, 0.25) is 0 Å². The zero-order valence-electron chi connectivity index (χ0n) is 8.07. The molecule has 3 heteroatoms. The highest BCUT2D eigenvalue weighted by molar-refractivity contribution is 5.13. The smallest absolute Gasteiger partial charge is 0.0636 e. The van der Waals surface area contributed by atoms with E-state index in [-0.39, 0.29) is 12.1 Å². The summed E-state index contributed by atoms with van der Waals surface area (Å²) in [6.45, 7) is 4.45. The molecule has 0 spiro atoms. The Hall–Kier alpha value is -0.930. The summed E-state index contributed by atoms with van der Waals surface area (Å²) < 4.78 is 0. The molecule has 0 aliphatic heterocycles. The van der Waals surface area contributed by atoms with Gasteiger partial charge in [0.1, 0.15) is 0 Å². The van der Waals surface area contributed by atoms with Gasteiger partial charge in [0.05, 0.1) is 6.10 Å². The number of pyridine rings is 1. The molecule has 3 nitrogen and oxygen atoms in total. The lowest BCUT2D eigenvalue weighted by Gasteiger charge is -2.14. The van der Waals surface area contributed by atoms with E-state index in [1.165, 1.54) is 5.56 Å². The number of rotatable bonds is 4. The summed E-state index contributed by atoms with van der Waals surface area (Å²) in [6, 6.07) is 4.21. The van der Waals surface area contributed by atoms with Crippen molar-refractivity contribution in [2.45, 2.75) is 26.0 Å². The lowest BCUT2D eigenvalue weighted by atomic mass is 10.1. The van der Waals surface area contributed by atoms with Crippen LogP contribution in [-0.2, 0) is 0 Å². The van der Waals surface area contributed by atoms with Crippen LogP contribution < -0.4 is 5.32 Å². The number of nitrogens with zero attached hydrogens (tertiary/aromatic N) is 1. The molecule has 1 aromatic rings. The van der Waals surface area contributed by atoms with Crippen molar-refractivity contribution < 1.29 is 5.11 Å². The number of aromatic nitrogens is 1. The van der Waals surface area contributed by atoms with E-state index in [0.29, 0.717) is 6.54 Å². The number of hydrogen-bond donors (Lipinski definition) is 2. The second kappa shape index (κ2) is 4.94. The minimum atomic E-state index is -0.302. The van der Waals surface area contributed by atoms with E-state index >= 15 is 0 Å². The maximum absolute atomic E-state index is 9.07. The molecule has 2 atom stereocenters. The molecule has 0 fully saturated rings. The van der Waals surface area contributed by atoms with Crippen LogP contribution in [0.2, 0.25) is 0 Å². The maximum Gasteiger partial charge on any atom is 0.0636 e. The van der Waals surface area contributed by atoms with E-state index in [1.54, 1.807) is 19.3 Å². The van der Waals surface area contributed by atoms with Crippen molar-refractivity contribution in [3.05, 3.63) is 30.1 Å². The molecule has 1 aromatic heterocycles. The van der Waals surface area contributed by atoms with E-state index in [0.717, 1.165) is 0 Å². The molecular weight excluding hydrogens is 164 g/mol. The van der Waals surface area contributed by atoms with Gasteiger partial charge in [-0.3, -0.25) is 4.98 Å². The SMILES string of the molecule is C[C@H](NC[C@@H](C)O)c1ccncc1. The van der Waals surface area contributed by atoms with Gasteiger partial charge in [-0.1, -0.05) is 0 Å². The van der Waals surface area contributed by atoms with Crippen LogP contribution in [-0.4, -0.2) is 22.7 Å². The van der Waals surface area contributed by atoms with Crippen LogP contribution in [0, 0.1) is 0 Å². The molecular formula is C10H16N2O. The first kappa shape index (κ1) is 10.2. The summed E-state index contributed by atoms with van der Waals surface area (Å²) in [6.07, 6.45) is 3.25. The lowest BCUT2D eigenvalue weighted by Crippen LogP contribution is -2.27. The normalized spacial score (nSPS) is 15.3. The van der Waals surface area contributed by atoms with Crippen LogP contribution in [0.5, 0.6) is 0 Å². The maximum atomic E-state index is 9.07. The molecule has 1 heterocycles. The first-order valence-corrected chi connectivity index (χ1v) is 4.51. The van der Waals surface area contributed by atoms with Gasteiger partial charge in [-0.05, 0) is 31.5 Å². The fraction of sp³-hybridized carbons (Fsp3) is 0.500. The molecule has 0 amide bonds. The fourth-order valence-corrected chi connectivity index (χ4v) is 1.12. The summed E-state index contributed by atoms with van der Waals surface area (Å²) in [5.41, 5.74) is 1.19. The second-order valence-electron chi connectivity index (χ2n) is 3.26. The molecule has 1 rings (SSSR count). The molecule has 0 aliphatic carbocycles. The van der Waals surface area contributed by atoms with Gasteiger partial charge < -0.3 is 10.4 Å². The molecule has 13 heavy (non-hydrogen) atoms. The molecule has 2 N–H and O–H groups in total. The summed E-state index contributed by atoms with van der Waals surface area (Å²) in [5, 5.41) is 12.3. The number of nitrogens with one attached hydrogen (secondary N) is 1. The largest absolute Gasteiger partial charge is 0.392 e. The Morgan fingerprint density at radius 2 is 2.00 bits per heavy atom. The molecule has 0 saturated heterocycles. The highest BCUT2D eigenvalue weighted by Gasteiger charge is 2.04. The number of aliphatic hydroxyl groups excluding tert-OH is 1. The quantitative estimate of drug-likeness (QED) is 0.729. The Labute approximate surface area is 78.8 Å². The van der Waals surface area contributed by atoms with Gasteiger partial charge in [0.15, 0.2) is 0 Å². The third-order valence-corrected chi connectivity index (χ3v) is 1.93. The summed E-state index contributed by atoms with van der Waals surface area (Å²) >= 11 is 0. The Morgan fingerprint density at radius 3 is 2.54 bits per heavy atom. The van der Waals surface area contributed by atoms with Crippen LogP contribution in [0.4, 0.5) is 0 Å². The second-order valence-corrected chi connectivity index (χ2v) is 3.26. The lowest BCUT2D eigenvalue weighted by molar-refractivity contribution is 0.187. The van der Waals surface area contributed by atoms with E-state index in [9.17, 15) is 0 Å². The fourth-order valence-electron chi connectivity index (χ4n) is 1.12. The Balaban J connectivity index is 2.44. The predicted octanol–water partition coefficient (Wildman–Crippen LogP) is 1.11. The third kappa shape index (κ3) is 3.53. The molecule has 0 aliphatic rings. The topological polar surface area (TPSA) is 45.1 Å². The van der Waals surface area contributed by atoms with Gasteiger partial charge >= 0.3 is 0 Å². The van der Waals surface area contributed by atoms with Crippen LogP contribution in [0.3, 0.4) is 0 Å².